The second-order valence-electron chi connectivity index (χ2n) is 2.89. The summed E-state index contributed by atoms with van der Waals surface area (Å²) in [6.07, 6.45) is 2.66. The van der Waals surface area contributed by atoms with Crippen LogP contribution in [-0.4, -0.2) is 11.1 Å². The molecule has 0 atom stereocenters. The predicted molar refractivity (Wildman–Crippen MR) is 57.1 cm³/mol. The van der Waals surface area contributed by atoms with E-state index in [1.165, 1.54) is 18.2 Å². The molecule has 0 aliphatic carbocycles. The first-order valence-corrected chi connectivity index (χ1v) is 4.51. The van der Waals surface area contributed by atoms with Gasteiger partial charge in [0.25, 0.3) is 0 Å². The Balaban J connectivity index is 2.94. The van der Waals surface area contributed by atoms with Crippen molar-refractivity contribution in [3.63, 3.8) is 0 Å². The van der Waals surface area contributed by atoms with E-state index in [-0.39, 0.29) is 17.1 Å². The number of hydrogen-bond donors (Lipinski definition) is 2. The Kier molecular flexibility index (Phi) is 3.68. The summed E-state index contributed by atoms with van der Waals surface area (Å²) in [5, 5.41) is 8.50. The number of nitrogen functional groups attached to an aromatic ring is 1. The molecule has 0 unspecified atom stereocenters. The van der Waals surface area contributed by atoms with Crippen molar-refractivity contribution in [3.8, 4) is 0 Å². The molecule has 0 bridgehead atoms. The number of carboxylic acids is 1. The molecule has 80 valence electrons. The van der Waals surface area contributed by atoms with E-state index in [1.54, 1.807) is 0 Å². The summed E-state index contributed by atoms with van der Waals surface area (Å²) in [5.74, 6) is -1.48. The third-order valence-electron chi connectivity index (χ3n) is 1.72. The van der Waals surface area contributed by atoms with Gasteiger partial charge in [0.1, 0.15) is 5.82 Å². The van der Waals surface area contributed by atoms with Crippen LogP contribution in [0.1, 0.15) is 12.0 Å². The van der Waals surface area contributed by atoms with Gasteiger partial charge in [-0.15, -0.1) is 0 Å². The number of hydrogen-bond acceptors (Lipinski definition) is 2. The minimum Gasteiger partial charge on any atom is -0.481 e. The SMILES string of the molecule is Nc1c(Cl)cc(F)cc1C=CCC(=O)O. The highest BCUT2D eigenvalue weighted by atomic mass is 35.5. The van der Waals surface area contributed by atoms with Gasteiger partial charge in [-0.05, 0) is 12.1 Å². The second-order valence-corrected chi connectivity index (χ2v) is 3.30. The summed E-state index contributed by atoms with van der Waals surface area (Å²) < 4.78 is 12.9. The van der Waals surface area contributed by atoms with E-state index >= 15 is 0 Å². The summed E-state index contributed by atoms with van der Waals surface area (Å²) in [6, 6.07) is 2.30. The summed E-state index contributed by atoms with van der Waals surface area (Å²) in [6.45, 7) is 0. The van der Waals surface area contributed by atoms with Crippen LogP contribution < -0.4 is 5.73 Å². The van der Waals surface area contributed by atoms with E-state index in [9.17, 15) is 9.18 Å². The van der Waals surface area contributed by atoms with Gasteiger partial charge in [0.15, 0.2) is 0 Å². The first-order valence-electron chi connectivity index (χ1n) is 4.13. The number of nitrogens with two attached hydrogens (primary N) is 1. The van der Waals surface area contributed by atoms with Gasteiger partial charge in [0, 0.05) is 5.56 Å². The number of halogens is 2. The molecule has 15 heavy (non-hydrogen) atoms. The Morgan fingerprint density at radius 1 is 1.60 bits per heavy atom. The molecule has 3 nitrogen and oxygen atoms in total. The van der Waals surface area contributed by atoms with E-state index in [4.69, 9.17) is 22.4 Å². The molecular formula is C10H9ClFNO2. The predicted octanol–water partition coefficient (Wildman–Crippen LogP) is 2.55. The van der Waals surface area contributed by atoms with Crippen LogP contribution in [0.4, 0.5) is 10.1 Å². The maximum absolute atomic E-state index is 12.9. The van der Waals surface area contributed by atoms with Crippen LogP contribution >= 0.6 is 11.6 Å². The van der Waals surface area contributed by atoms with Crippen molar-refractivity contribution < 1.29 is 14.3 Å². The van der Waals surface area contributed by atoms with Gasteiger partial charge < -0.3 is 10.8 Å². The quantitative estimate of drug-likeness (QED) is 0.783. The van der Waals surface area contributed by atoms with Crippen molar-refractivity contribution in [3.05, 3.63) is 34.6 Å². The van der Waals surface area contributed by atoms with Gasteiger partial charge >= 0.3 is 5.97 Å². The molecule has 1 rings (SSSR count). The monoisotopic (exact) mass is 229 g/mol. The second kappa shape index (κ2) is 4.79. The van der Waals surface area contributed by atoms with Crippen molar-refractivity contribution in [1.29, 1.82) is 0 Å². The van der Waals surface area contributed by atoms with E-state index < -0.39 is 11.8 Å². The topological polar surface area (TPSA) is 63.3 Å². The Morgan fingerprint density at radius 2 is 2.27 bits per heavy atom. The summed E-state index contributed by atoms with van der Waals surface area (Å²) in [5.41, 5.74) is 6.18. The molecule has 0 saturated carbocycles. The third kappa shape index (κ3) is 3.25. The molecule has 5 heteroatoms. The van der Waals surface area contributed by atoms with Crippen LogP contribution in [0.5, 0.6) is 0 Å². The van der Waals surface area contributed by atoms with Gasteiger partial charge in [-0.3, -0.25) is 4.79 Å². The third-order valence-corrected chi connectivity index (χ3v) is 2.03. The Hall–Kier alpha value is -1.55. The number of benzene rings is 1. The van der Waals surface area contributed by atoms with E-state index in [0.717, 1.165) is 6.07 Å². The van der Waals surface area contributed by atoms with Gasteiger partial charge in [0.2, 0.25) is 0 Å². The fourth-order valence-electron chi connectivity index (χ4n) is 1.03. The van der Waals surface area contributed by atoms with Crippen molar-refractivity contribution in [2.24, 2.45) is 0 Å². The molecule has 3 N–H and O–H groups in total. The minimum absolute atomic E-state index is 0.116. The standard InChI is InChI=1S/C10H9ClFNO2/c11-8-5-7(12)4-6(10(8)13)2-1-3-9(14)15/h1-2,4-5H,3,13H2,(H,14,15). The number of carbonyl (C=O) groups is 1. The minimum atomic E-state index is -0.965. The van der Waals surface area contributed by atoms with E-state index in [0.29, 0.717) is 5.56 Å². The maximum Gasteiger partial charge on any atom is 0.307 e. The molecule has 1 aromatic rings. The molecule has 1 aromatic carbocycles. The van der Waals surface area contributed by atoms with Gasteiger partial charge in [-0.2, -0.15) is 0 Å². The van der Waals surface area contributed by atoms with Crippen LogP contribution in [0, 0.1) is 5.82 Å². The number of carboxylic acid groups (broad SMARTS) is 1. The van der Waals surface area contributed by atoms with Gasteiger partial charge in [0.05, 0.1) is 17.1 Å². The van der Waals surface area contributed by atoms with Crippen LogP contribution in [-0.2, 0) is 4.79 Å². The van der Waals surface area contributed by atoms with Crippen molar-refractivity contribution in [1.82, 2.24) is 0 Å². The highest BCUT2D eigenvalue weighted by molar-refractivity contribution is 6.33. The van der Waals surface area contributed by atoms with Crippen LogP contribution in [0.2, 0.25) is 5.02 Å². The summed E-state index contributed by atoms with van der Waals surface area (Å²) in [7, 11) is 0. The summed E-state index contributed by atoms with van der Waals surface area (Å²) in [4.78, 5) is 10.2. The molecule has 0 saturated heterocycles. The molecule has 0 aromatic heterocycles. The molecule has 0 fully saturated rings. The zero-order valence-corrected chi connectivity index (χ0v) is 8.46. The number of aliphatic carboxylic acids is 1. The fourth-order valence-corrected chi connectivity index (χ4v) is 1.24. The molecule has 0 aliphatic rings. The number of rotatable bonds is 3. The van der Waals surface area contributed by atoms with Crippen LogP contribution in [0.25, 0.3) is 6.08 Å². The van der Waals surface area contributed by atoms with Crippen LogP contribution in [0.3, 0.4) is 0 Å². The molecular weight excluding hydrogens is 221 g/mol. The van der Waals surface area contributed by atoms with Crippen LogP contribution in [0.15, 0.2) is 18.2 Å². The van der Waals surface area contributed by atoms with Gasteiger partial charge in [-0.1, -0.05) is 23.8 Å². The van der Waals surface area contributed by atoms with Crippen molar-refractivity contribution in [2.75, 3.05) is 5.73 Å². The van der Waals surface area contributed by atoms with E-state index in [2.05, 4.69) is 0 Å². The Morgan fingerprint density at radius 3 is 2.87 bits per heavy atom. The maximum atomic E-state index is 12.9. The lowest BCUT2D eigenvalue weighted by Crippen LogP contribution is -1.93. The smallest absolute Gasteiger partial charge is 0.307 e. The first kappa shape index (κ1) is 11.5. The zero-order valence-electron chi connectivity index (χ0n) is 7.71. The van der Waals surface area contributed by atoms with Crippen molar-refractivity contribution >= 4 is 29.3 Å². The lowest BCUT2D eigenvalue weighted by Gasteiger charge is -2.02. The lowest BCUT2D eigenvalue weighted by atomic mass is 10.1. The first-order chi connectivity index (χ1) is 7.00. The molecule has 0 radical (unpaired) electrons. The molecule has 0 heterocycles. The Labute approximate surface area is 91.0 Å². The normalized spacial score (nSPS) is 10.8. The average Bonchev–Trinajstić information content (AvgIpc) is 2.12. The largest absolute Gasteiger partial charge is 0.481 e. The zero-order chi connectivity index (χ0) is 11.4. The van der Waals surface area contributed by atoms with E-state index in [1.807, 2.05) is 0 Å². The average molecular weight is 230 g/mol. The molecule has 0 amide bonds. The summed E-state index contributed by atoms with van der Waals surface area (Å²) >= 11 is 5.65. The number of anilines is 1. The lowest BCUT2D eigenvalue weighted by molar-refractivity contribution is -0.135. The van der Waals surface area contributed by atoms with Gasteiger partial charge in [-0.25, -0.2) is 4.39 Å². The highest BCUT2D eigenvalue weighted by Gasteiger charge is 2.04. The molecule has 0 spiro atoms. The fraction of sp³-hybridized carbons (Fsp3) is 0.100. The highest BCUT2D eigenvalue weighted by Crippen LogP contribution is 2.25. The Bertz CT molecular complexity index is 418. The molecule has 0 aliphatic heterocycles. The van der Waals surface area contributed by atoms with Crippen molar-refractivity contribution in [2.45, 2.75) is 6.42 Å².